The van der Waals surface area contributed by atoms with Crippen LogP contribution in [0.3, 0.4) is 0 Å². The molecule has 0 unspecified atom stereocenters. The minimum atomic E-state index is 0.0586. The van der Waals surface area contributed by atoms with Crippen molar-refractivity contribution < 1.29 is 9.59 Å². The molecule has 1 fully saturated rings. The summed E-state index contributed by atoms with van der Waals surface area (Å²) in [7, 11) is 1.81. The molecule has 2 aromatic rings. The van der Waals surface area contributed by atoms with E-state index in [9.17, 15) is 9.59 Å². The molecule has 0 radical (unpaired) electrons. The van der Waals surface area contributed by atoms with Gasteiger partial charge in [-0.3, -0.25) is 14.5 Å². The third-order valence-electron chi connectivity index (χ3n) is 4.49. The number of amides is 2. The van der Waals surface area contributed by atoms with Crippen LogP contribution in [0.5, 0.6) is 0 Å². The number of hydrogen-bond donors (Lipinski definition) is 0. The Balaban J connectivity index is 1.46. The summed E-state index contributed by atoms with van der Waals surface area (Å²) in [6.07, 6.45) is 0. The number of carbonyl (C=O) groups excluding carboxylic acids is 2. The zero-order chi connectivity index (χ0) is 18.5. The first kappa shape index (κ1) is 18.9. The number of piperazine rings is 1. The van der Waals surface area contributed by atoms with E-state index in [1.54, 1.807) is 4.90 Å². The Labute approximate surface area is 162 Å². The fraction of sp³-hybridized carbons (Fsp3) is 0.368. The largest absolute Gasteiger partial charge is 0.340 e. The molecular formula is C19H22ClN3O2S. The van der Waals surface area contributed by atoms with Gasteiger partial charge in [-0.1, -0.05) is 29.8 Å². The summed E-state index contributed by atoms with van der Waals surface area (Å²) < 4.78 is 0.736. The number of carbonyl (C=O) groups is 2. The van der Waals surface area contributed by atoms with Crippen LogP contribution in [0.15, 0.2) is 42.5 Å². The van der Waals surface area contributed by atoms with Crippen LogP contribution in [0.25, 0.3) is 0 Å². The smallest absolute Gasteiger partial charge is 0.253 e. The Morgan fingerprint density at radius 2 is 1.77 bits per heavy atom. The third kappa shape index (κ3) is 4.84. The Kier molecular flexibility index (Phi) is 6.29. The van der Waals surface area contributed by atoms with Crippen molar-refractivity contribution in [3.8, 4) is 0 Å². The Hall–Kier alpha value is -1.89. The number of nitrogens with zero attached hydrogens (tertiary/aromatic N) is 3. The summed E-state index contributed by atoms with van der Waals surface area (Å²) in [4.78, 5) is 31.7. The summed E-state index contributed by atoms with van der Waals surface area (Å²) in [5, 5.41) is 0. The second kappa shape index (κ2) is 8.66. The molecule has 3 rings (SSSR count). The lowest BCUT2D eigenvalue weighted by Gasteiger charge is -2.35. The van der Waals surface area contributed by atoms with Crippen LogP contribution in [0.2, 0.25) is 4.34 Å². The number of benzene rings is 1. The van der Waals surface area contributed by atoms with Crippen molar-refractivity contribution in [2.75, 3.05) is 39.8 Å². The van der Waals surface area contributed by atoms with E-state index < -0.39 is 0 Å². The lowest BCUT2D eigenvalue weighted by atomic mass is 10.2. The highest BCUT2D eigenvalue weighted by molar-refractivity contribution is 7.16. The molecule has 1 saturated heterocycles. The van der Waals surface area contributed by atoms with Crippen LogP contribution >= 0.6 is 22.9 Å². The van der Waals surface area contributed by atoms with E-state index in [4.69, 9.17) is 11.6 Å². The molecular weight excluding hydrogens is 370 g/mol. The number of halogens is 1. The second-order valence-corrected chi connectivity index (χ2v) is 8.19. The first-order valence-corrected chi connectivity index (χ1v) is 9.77. The molecule has 2 amide bonds. The average Bonchev–Trinajstić information content (AvgIpc) is 3.07. The van der Waals surface area contributed by atoms with Crippen molar-refractivity contribution in [1.29, 1.82) is 0 Å². The Bertz CT molecular complexity index is 757. The topological polar surface area (TPSA) is 43.9 Å². The fourth-order valence-electron chi connectivity index (χ4n) is 2.94. The van der Waals surface area contributed by atoms with Crippen LogP contribution < -0.4 is 0 Å². The van der Waals surface area contributed by atoms with Gasteiger partial charge in [0.05, 0.1) is 17.4 Å². The van der Waals surface area contributed by atoms with Crippen LogP contribution in [0, 0.1) is 0 Å². The van der Waals surface area contributed by atoms with Gasteiger partial charge < -0.3 is 9.80 Å². The Morgan fingerprint density at radius 1 is 1.08 bits per heavy atom. The molecule has 138 valence electrons. The van der Waals surface area contributed by atoms with E-state index in [0.29, 0.717) is 44.8 Å². The highest BCUT2D eigenvalue weighted by atomic mass is 35.5. The van der Waals surface area contributed by atoms with Gasteiger partial charge in [0.15, 0.2) is 0 Å². The predicted octanol–water partition coefficient (Wildman–Crippen LogP) is 2.82. The van der Waals surface area contributed by atoms with Crippen molar-refractivity contribution in [1.82, 2.24) is 14.7 Å². The number of rotatable bonds is 5. The highest BCUT2D eigenvalue weighted by Crippen LogP contribution is 2.22. The van der Waals surface area contributed by atoms with Gasteiger partial charge >= 0.3 is 0 Å². The van der Waals surface area contributed by atoms with E-state index in [0.717, 1.165) is 9.21 Å². The summed E-state index contributed by atoms with van der Waals surface area (Å²) >= 11 is 7.43. The zero-order valence-electron chi connectivity index (χ0n) is 14.7. The first-order chi connectivity index (χ1) is 12.5. The first-order valence-electron chi connectivity index (χ1n) is 8.58. The molecule has 1 aliphatic rings. The van der Waals surface area contributed by atoms with Crippen molar-refractivity contribution >= 4 is 34.8 Å². The average molecular weight is 392 g/mol. The molecule has 1 aliphatic heterocycles. The lowest BCUT2D eigenvalue weighted by Crippen LogP contribution is -2.51. The maximum atomic E-state index is 12.5. The quantitative estimate of drug-likeness (QED) is 0.787. The van der Waals surface area contributed by atoms with Gasteiger partial charge in [-0.05, 0) is 24.3 Å². The zero-order valence-corrected chi connectivity index (χ0v) is 16.3. The van der Waals surface area contributed by atoms with E-state index in [1.807, 2.05) is 54.4 Å². The molecule has 5 nitrogen and oxygen atoms in total. The fourth-order valence-corrected chi connectivity index (χ4v) is 4.08. The monoisotopic (exact) mass is 391 g/mol. The summed E-state index contributed by atoms with van der Waals surface area (Å²) in [5.41, 5.74) is 0.714. The van der Waals surface area contributed by atoms with E-state index >= 15 is 0 Å². The number of hydrogen-bond acceptors (Lipinski definition) is 4. The SMILES string of the molecule is CN(Cc1ccc(Cl)s1)C(=O)CN1CCN(C(=O)c2ccccc2)CC1. The third-order valence-corrected chi connectivity index (χ3v) is 5.70. The van der Waals surface area contributed by atoms with Crippen molar-refractivity contribution in [2.24, 2.45) is 0 Å². The van der Waals surface area contributed by atoms with Gasteiger partial charge in [-0.2, -0.15) is 0 Å². The predicted molar refractivity (Wildman–Crippen MR) is 105 cm³/mol. The molecule has 26 heavy (non-hydrogen) atoms. The summed E-state index contributed by atoms with van der Waals surface area (Å²) in [6, 6.07) is 13.1. The molecule has 0 N–H and O–H groups in total. The van der Waals surface area contributed by atoms with Crippen molar-refractivity contribution in [3.63, 3.8) is 0 Å². The molecule has 1 aromatic carbocycles. The molecule has 0 bridgehead atoms. The maximum Gasteiger partial charge on any atom is 0.253 e. The number of likely N-dealkylation sites (N-methyl/N-ethyl adjacent to an activating group) is 1. The van der Waals surface area contributed by atoms with Crippen LogP contribution in [0.4, 0.5) is 0 Å². The number of thiophene rings is 1. The Morgan fingerprint density at radius 3 is 2.38 bits per heavy atom. The second-order valence-electron chi connectivity index (χ2n) is 6.39. The van der Waals surface area contributed by atoms with Gasteiger partial charge in [0.1, 0.15) is 0 Å². The van der Waals surface area contributed by atoms with Crippen LogP contribution in [-0.2, 0) is 11.3 Å². The van der Waals surface area contributed by atoms with E-state index in [1.165, 1.54) is 11.3 Å². The molecule has 0 aliphatic carbocycles. The summed E-state index contributed by atoms with van der Waals surface area (Å²) in [6.45, 7) is 3.66. The minimum Gasteiger partial charge on any atom is -0.340 e. The van der Waals surface area contributed by atoms with Gasteiger partial charge in [0.2, 0.25) is 5.91 Å². The van der Waals surface area contributed by atoms with Crippen molar-refractivity contribution in [2.45, 2.75) is 6.54 Å². The van der Waals surface area contributed by atoms with E-state index in [2.05, 4.69) is 4.90 Å². The van der Waals surface area contributed by atoms with Gasteiger partial charge in [0, 0.05) is 43.7 Å². The molecule has 0 spiro atoms. The van der Waals surface area contributed by atoms with Crippen LogP contribution in [0.1, 0.15) is 15.2 Å². The standard InChI is InChI=1S/C19H22ClN3O2S/c1-21(13-16-7-8-17(20)26-16)18(24)14-22-9-11-23(12-10-22)19(25)15-5-3-2-4-6-15/h2-8H,9-14H2,1H3. The lowest BCUT2D eigenvalue weighted by molar-refractivity contribution is -0.131. The molecule has 7 heteroatoms. The molecule has 0 saturated carbocycles. The van der Waals surface area contributed by atoms with Gasteiger partial charge in [-0.15, -0.1) is 11.3 Å². The maximum absolute atomic E-state index is 12.5. The van der Waals surface area contributed by atoms with Gasteiger partial charge in [0.25, 0.3) is 5.91 Å². The minimum absolute atomic E-state index is 0.0586. The molecule has 1 aromatic heterocycles. The highest BCUT2D eigenvalue weighted by Gasteiger charge is 2.24. The van der Waals surface area contributed by atoms with E-state index in [-0.39, 0.29) is 11.8 Å². The van der Waals surface area contributed by atoms with Gasteiger partial charge in [-0.25, -0.2) is 0 Å². The van der Waals surface area contributed by atoms with Crippen LogP contribution in [-0.4, -0.2) is 66.3 Å². The summed E-state index contributed by atoms with van der Waals surface area (Å²) in [5.74, 6) is 0.139. The van der Waals surface area contributed by atoms with Crippen molar-refractivity contribution in [3.05, 3.63) is 57.2 Å². The molecule has 0 atom stereocenters. The molecule has 2 heterocycles. The normalized spacial score (nSPS) is 15.1.